The summed E-state index contributed by atoms with van der Waals surface area (Å²) in [5.74, 6) is 0.873. The smallest absolute Gasteiger partial charge is 0.254 e. The number of carbonyl (C=O) groups is 1. The van der Waals surface area contributed by atoms with Crippen LogP contribution in [0.3, 0.4) is 0 Å². The summed E-state index contributed by atoms with van der Waals surface area (Å²) in [7, 11) is -3.23. The minimum Gasteiger partial charge on any atom is -0.328 e. The first kappa shape index (κ1) is 18.1. The van der Waals surface area contributed by atoms with Gasteiger partial charge in [0.2, 0.25) is 10.0 Å². The lowest BCUT2D eigenvalue weighted by Gasteiger charge is -2.24. The van der Waals surface area contributed by atoms with Crippen molar-refractivity contribution in [2.75, 3.05) is 23.1 Å². The van der Waals surface area contributed by atoms with Gasteiger partial charge in [0.05, 0.1) is 17.5 Å². The van der Waals surface area contributed by atoms with Gasteiger partial charge in [0.15, 0.2) is 11.5 Å². The number of benzene rings is 1. The van der Waals surface area contributed by atoms with E-state index in [1.165, 1.54) is 4.31 Å². The molecule has 4 heterocycles. The van der Waals surface area contributed by atoms with Gasteiger partial charge in [-0.25, -0.2) is 8.42 Å². The van der Waals surface area contributed by atoms with Crippen LogP contribution in [0.25, 0.3) is 5.65 Å². The van der Waals surface area contributed by atoms with Crippen molar-refractivity contribution in [2.24, 2.45) is 0 Å². The van der Waals surface area contributed by atoms with Gasteiger partial charge in [0.1, 0.15) is 0 Å². The molecule has 2 aromatic heterocycles. The monoisotopic (exact) mass is 411 g/mol. The van der Waals surface area contributed by atoms with E-state index in [2.05, 4.69) is 10.2 Å². The van der Waals surface area contributed by atoms with Gasteiger partial charge >= 0.3 is 0 Å². The summed E-state index contributed by atoms with van der Waals surface area (Å²) in [4.78, 5) is 15.0. The first-order valence-electron chi connectivity index (χ1n) is 9.76. The molecule has 3 aromatic rings. The maximum atomic E-state index is 13.2. The van der Waals surface area contributed by atoms with Crippen molar-refractivity contribution >= 4 is 27.3 Å². The van der Waals surface area contributed by atoms with Crippen LogP contribution in [0, 0.1) is 0 Å². The van der Waals surface area contributed by atoms with Crippen LogP contribution >= 0.6 is 0 Å². The van der Waals surface area contributed by atoms with Gasteiger partial charge in [0.25, 0.3) is 5.91 Å². The van der Waals surface area contributed by atoms with Crippen molar-refractivity contribution in [3.8, 4) is 0 Å². The minimum absolute atomic E-state index is 0.0731. The summed E-state index contributed by atoms with van der Waals surface area (Å²) in [5.41, 5.74) is 1.92. The van der Waals surface area contributed by atoms with E-state index in [9.17, 15) is 13.2 Å². The Hall–Kier alpha value is -2.94. The molecule has 1 amide bonds. The third-order valence-electron chi connectivity index (χ3n) is 5.65. The second-order valence-corrected chi connectivity index (χ2v) is 9.45. The number of pyridine rings is 1. The van der Waals surface area contributed by atoms with Crippen LogP contribution in [0.15, 0.2) is 48.7 Å². The summed E-state index contributed by atoms with van der Waals surface area (Å²) in [6, 6.07) is 12.5. The van der Waals surface area contributed by atoms with Crippen molar-refractivity contribution < 1.29 is 13.2 Å². The Morgan fingerprint density at radius 3 is 2.59 bits per heavy atom. The van der Waals surface area contributed by atoms with Crippen molar-refractivity contribution in [1.29, 1.82) is 0 Å². The van der Waals surface area contributed by atoms with Crippen LogP contribution in [0.1, 0.15) is 41.5 Å². The van der Waals surface area contributed by atoms with Gasteiger partial charge in [-0.2, -0.15) is 0 Å². The predicted molar refractivity (Wildman–Crippen MR) is 108 cm³/mol. The Bertz CT molecular complexity index is 1170. The highest BCUT2D eigenvalue weighted by molar-refractivity contribution is 7.93. The molecule has 2 aliphatic heterocycles. The first-order valence-corrected chi connectivity index (χ1v) is 11.4. The molecule has 0 bridgehead atoms. The lowest BCUT2D eigenvalue weighted by atomic mass is 10.1. The summed E-state index contributed by atoms with van der Waals surface area (Å²) in [6.45, 7) is 1.15. The first-order chi connectivity index (χ1) is 14.0. The lowest BCUT2D eigenvalue weighted by molar-refractivity contribution is 0.0729. The average molecular weight is 411 g/mol. The quantitative estimate of drug-likeness (QED) is 0.660. The van der Waals surface area contributed by atoms with E-state index in [0.29, 0.717) is 30.8 Å². The number of amides is 1. The highest BCUT2D eigenvalue weighted by Crippen LogP contribution is 2.33. The number of sulfonamides is 1. The fourth-order valence-electron chi connectivity index (χ4n) is 4.23. The number of hydrogen-bond donors (Lipinski definition) is 0. The summed E-state index contributed by atoms with van der Waals surface area (Å²) in [6.07, 6.45) is 4.29. The van der Waals surface area contributed by atoms with Crippen molar-refractivity contribution in [3.63, 3.8) is 0 Å². The topological polar surface area (TPSA) is 87.9 Å². The molecule has 0 radical (unpaired) electrons. The molecule has 8 nitrogen and oxygen atoms in total. The van der Waals surface area contributed by atoms with Crippen molar-refractivity contribution in [1.82, 2.24) is 19.5 Å². The summed E-state index contributed by atoms with van der Waals surface area (Å²) in [5, 5.41) is 8.54. The van der Waals surface area contributed by atoms with Crippen LogP contribution in [-0.2, 0) is 10.0 Å². The molecule has 9 heteroatoms. The van der Waals surface area contributed by atoms with Gasteiger partial charge in [-0.15, -0.1) is 10.2 Å². The van der Waals surface area contributed by atoms with Crippen molar-refractivity contribution in [3.05, 3.63) is 60.0 Å². The Balaban J connectivity index is 1.41. The molecule has 0 aliphatic carbocycles. The second-order valence-electron chi connectivity index (χ2n) is 7.43. The summed E-state index contributed by atoms with van der Waals surface area (Å²) < 4.78 is 27.6. The number of fused-ring (bicyclic) bond motifs is 1. The van der Waals surface area contributed by atoms with E-state index in [-0.39, 0.29) is 17.7 Å². The van der Waals surface area contributed by atoms with Gasteiger partial charge in [-0.3, -0.25) is 13.5 Å². The largest absolute Gasteiger partial charge is 0.328 e. The Morgan fingerprint density at radius 2 is 1.83 bits per heavy atom. The number of nitrogens with zero attached hydrogens (tertiary/aromatic N) is 5. The zero-order valence-corrected chi connectivity index (χ0v) is 16.6. The number of rotatable bonds is 3. The van der Waals surface area contributed by atoms with E-state index < -0.39 is 10.0 Å². The van der Waals surface area contributed by atoms with Gasteiger partial charge < -0.3 is 4.90 Å². The van der Waals surface area contributed by atoms with E-state index in [1.807, 2.05) is 33.7 Å². The lowest BCUT2D eigenvalue weighted by Crippen LogP contribution is -2.31. The van der Waals surface area contributed by atoms with Crippen LogP contribution in [0.5, 0.6) is 0 Å². The highest BCUT2D eigenvalue weighted by Gasteiger charge is 2.34. The highest BCUT2D eigenvalue weighted by atomic mass is 32.2. The maximum Gasteiger partial charge on any atom is 0.254 e. The number of carbonyl (C=O) groups excluding carboxylic acids is 1. The Kier molecular flexibility index (Phi) is 4.27. The van der Waals surface area contributed by atoms with Crippen LogP contribution in [0.4, 0.5) is 5.69 Å². The molecule has 1 aromatic carbocycles. The van der Waals surface area contributed by atoms with Crippen LogP contribution in [-0.4, -0.2) is 52.7 Å². The number of hydrogen-bond acceptors (Lipinski definition) is 5. The normalized spacial score (nSPS) is 21.2. The van der Waals surface area contributed by atoms with E-state index in [1.54, 1.807) is 24.3 Å². The molecule has 0 spiro atoms. The zero-order chi connectivity index (χ0) is 20.0. The minimum atomic E-state index is -3.23. The van der Waals surface area contributed by atoms with Crippen LogP contribution < -0.4 is 4.31 Å². The number of anilines is 1. The molecular weight excluding hydrogens is 390 g/mol. The molecule has 29 heavy (non-hydrogen) atoms. The van der Waals surface area contributed by atoms with Gasteiger partial charge in [0, 0.05) is 24.8 Å². The van der Waals surface area contributed by atoms with Crippen LogP contribution in [0.2, 0.25) is 0 Å². The molecule has 0 N–H and O–H groups in total. The molecule has 2 aliphatic rings. The Morgan fingerprint density at radius 1 is 1.00 bits per heavy atom. The molecule has 2 fully saturated rings. The molecule has 0 unspecified atom stereocenters. The SMILES string of the molecule is O=C(c1ccc(N2CCCS2(=O)=O)cc1)N1CCC[C@@H]1c1nnc2ccccn12. The maximum absolute atomic E-state index is 13.2. The fourth-order valence-corrected chi connectivity index (χ4v) is 5.80. The number of aromatic nitrogens is 3. The third kappa shape index (κ3) is 3.05. The Labute approximate surface area is 168 Å². The third-order valence-corrected chi connectivity index (χ3v) is 7.52. The average Bonchev–Trinajstić information content (AvgIpc) is 3.44. The standard InChI is InChI=1S/C20H21N5O3S/c26-20(15-7-9-16(10-8-15)25-13-4-14-29(25,27)28)23-12-3-5-17(23)19-22-21-18-6-1-2-11-24(18)19/h1-2,6-11,17H,3-5,12-14H2/t17-/m1/s1. The zero-order valence-electron chi connectivity index (χ0n) is 15.8. The van der Waals surface area contributed by atoms with Gasteiger partial charge in [-0.1, -0.05) is 6.07 Å². The van der Waals surface area contributed by atoms with E-state index in [0.717, 1.165) is 24.3 Å². The summed E-state index contributed by atoms with van der Waals surface area (Å²) >= 11 is 0. The molecule has 0 saturated carbocycles. The molecule has 1 atom stereocenters. The van der Waals surface area contributed by atoms with Gasteiger partial charge in [-0.05, 0) is 55.7 Å². The molecular formula is C20H21N5O3S. The van der Waals surface area contributed by atoms with E-state index in [4.69, 9.17) is 0 Å². The second kappa shape index (κ2) is 6.84. The predicted octanol–water partition coefficient (Wildman–Crippen LogP) is 2.25. The van der Waals surface area contributed by atoms with E-state index >= 15 is 0 Å². The fraction of sp³-hybridized carbons (Fsp3) is 0.350. The molecule has 5 rings (SSSR count). The number of likely N-dealkylation sites (tertiary alicyclic amines) is 1. The molecule has 2 saturated heterocycles. The molecule has 150 valence electrons. The van der Waals surface area contributed by atoms with Crippen molar-refractivity contribution in [2.45, 2.75) is 25.3 Å².